The van der Waals surface area contributed by atoms with Gasteiger partial charge in [0.2, 0.25) is 5.95 Å². The van der Waals surface area contributed by atoms with Gasteiger partial charge in [-0.05, 0) is 18.1 Å². The van der Waals surface area contributed by atoms with Gasteiger partial charge in [0.1, 0.15) is 12.0 Å². The molecular formula is C9H7FN2O. The maximum absolute atomic E-state index is 12.6. The molecule has 0 bridgehead atoms. The van der Waals surface area contributed by atoms with Crippen LogP contribution in [0, 0.1) is 17.8 Å². The molecule has 1 aromatic rings. The average Bonchev–Trinajstić information content (AvgIpc) is 2.11. The fraction of sp³-hybridized carbons (Fsp3) is 0.111. The summed E-state index contributed by atoms with van der Waals surface area (Å²) in [6.45, 7) is 0. The highest BCUT2D eigenvalue weighted by molar-refractivity contribution is 5.57. The molecule has 1 heterocycles. The van der Waals surface area contributed by atoms with Crippen LogP contribution in [0.2, 0.25) is 0 Å². The zero-order valence-corrected chi connectivity index (χ0v) is 6.75. The Hall–Kier alpha value is -1.89. The monoisotopic (exact) mass is 178 g/mol. The lowest BCUT2D eigenvalue weighted by Gasteiger charge is -1.95. The molecule has 0 radical (unpaired) electrons. The number of hydrogen-bond donors (Lipinski definition) is 1. The van der Waals surface area contributed by atoms with E-state index in [4.69, 9.17) is 5.73 Å². The minimum absolute atomic E-state index is 0.0949. The highest BCUT2D eigenvalue weighted by Gasteiger charge is 1.98. The van der Waals surface area contributed by atoms with E-state index in [1.165, 1.54) is 6.07 Å². The van der Waals surface area contributed by atoms with Crippen molar-refractivity contribution in [3.63, 3.8) is 0 Å². The second-order valence-corrected chi connectivity index (χ2v) is 2.24. The Kier molecular flexibility index (Phi) is 2.98. The standard InChI is InChI=1S/C9H7FN2O/c10-9-5-4-7(11)8(12-9)3-1-2-6-13/h4-6H,2,11H2. The second-order valence-electron chi connectivity index (χ2n) is 2.24. The molecule has 13 heavy (non-hydrogen) atoms. The smallest absolute Gasteiger partial charge is 0.214 e. The van der Waals surface area contributed by atoms with E-state index in [9.17, 15) is 9.18 Å². The van der Waals surface area contributed by atoms with Crippen molar-refractivity contribution in [3.8, 4) is 11.8 Å². The summed E-state index contributed by atoms with van der Waals surface area (Å²) >= 11 is 0. The Labute approximate surface area is 74.8 Å². The Morgan fingerprint density at radius 3 is 3.08 bits per heavy atom. The molecule has 0 amide bonds. The molecule has 66 valence electrons. The first kappa shape index (κ1) is 9.20. The third-order valence-electron chi connectivity index (χ3n) is 1.28. The molecule has 0 aliphatic rings. The van der Waals surface area contributed by atoms with Gasteiger partial charge in [-0.1, -0.05) is 5.92 Å². The number of hydrogen-bond acceptors (Lipinski definition) is 3. The van der Waals surface area contributed by atoms with Crippen molar-refractivity contribution in [2.75, 3.05) is 5.73 Å². The molecule has 2 N–H and O–H groups in total. The molecule has 4 heteroatoms. The van der Waals surface area contributed by atoms with Crippen LogP contribution in [0.3, 0.4) is 0 Å². The van der Waals surface area contributed by atoms with Crippen molar-refractivity contribution in [1.82, 2.24) is 4.98 Å². The number of pyridine rings is 1. The van der Waals surface area contributed by atoms with Crippen LogP contribution in [0.5, 0.6) is 0 Å². The number of rotatable bonds is 1. The van der Waals surface area contributed by atoms with E-state index in [1.54, 1.807) is 0 Å². The first-order chi connectivity index (χ1) is 6.24. The molecule has 3 nitrogen and oxygen atoms in total. The van der Waals surface area contributed by atoms with E-state index in [2.05, 4.69) is 16.8 Å². The SMILES string of the molecule is Nc1ccc(F)nc1C#CCC=O. The summed E-state index contributed by atoms with van der Waals surface area (Å²) in [6.07, 6.45) is 0.750. The molecule has 0 unspecified atom stereocenters. The van der Waals surface area contributed by atoms with Crippen LogP contribution in [0.15, 0.2) is 12.1 Å². The van der Waals surface area contributed by atoms with E-state index in [0.717, 1.165) is 6.07 Å². The van der Waals surface area contributed by atoms with Crippen LogP contribution in [-0.4, -0.2) is 11.3 Å². The van der Waals surface area contributed by atoms with Gasteiger partial charge in [0.25, 0.3) is 0 Å². The van der Waals surface area contributed by atoms with Crippen LogP contribution in [0.4, 0.5) is 10.1 Å². The van der Waals surface area contributed by atoms with E-state index in [-0.39, 0.29) is 12.1 Å². The van der Waals surface area contributed by atoms with Gasteiger partial charge in [-0.2, -0.15) is 4.39 Å². The van der Waals surface area contributed by atoms with Crippen LogP contribution < -0.4 is 5.73 Å². The highest BCUT2D eigenvalue weighted by atomic mass is 19.1. The third kappa shape index (κ3) is 2.56. The fourth-order valence-electron chi connectivity index (χ4n) is 0.723. The Balaban J connectivity index is 2.95. The van der Waals surface area contributed by atoms with Crippen molar-refractivity contribution < 1.29 is 9.18 Å². The molecule has 0 saturated carbocycles. The van der Waals surface area contributed by atoms with E-state index >= 15 is 0 Å². The summed E-state index contributed by atoms with van der Waals surface area (Å²) in [7, 11) is 0. The predicted octanol–water partition coefficient (Wildman–Crippen LogP) is 0.743. The van der Waals surface area contributed by atoms with Gasteiger partial charge in [0, 0.05) is 0 Å². The molecule has 1 rings (SSSR count). The lowest BCUT2D eigenvalue weighted by atomic mass is 10.3. The molecule has 0 aliphatic carbocycles. The number of aromatic nitrogens is 1. The zero-order valence-electron chi connectivity index (χ0n) is 6.75. The summed E-state index contributed by atoms with van der Waals surface area (Å²) < 4.78 is 12.6. The van der Waals surface area contributed by atoms with Crippen molar-refractivity contribution in [2.45, 2.75) is 6.42 Å². The van der Waals surface area contributed by atoms with Crippen LogP contribution in [0.25, 0.3) is 0 Å². The molecule has 0 atom stereocenters. The predicted molar refractivity (Wildman–Crippen MR) is 46.2 cm³/mol. The molecule has 0 spiro atoms. The molecule has 0 aliphatic heterocycles. The topological polar surface area (TPSA) is 56.0 Å². The zero-order chi connectivity index (χ0) is 9.68. The number of nitrogens with zero attached hydrogens (tertiary/aromatic N) is 1. The largest absolute Gasteiger partial charge is 0.396 e. The van der Waals surface area contributed by atoms with Gasteiger partial charge in [0.15, 0.2) is 0 Å². The number of halogens is 1. The first-order valence-electron chi connectivity index (χ1n) is 3.58. The quantitative estimate of drug-likeness (QED) is 0.392. The van der Waals surface area contributed by atoms with Gasteiger partial charge in [-0.15, -0.1) is 0 Å². The van der Waals surface area contributed by atoms with Gasteiger partial charge >= 0.3 is 0 Å². The second kappa shape index (κ2) is 4.21. The lowest BCUT2D eigenvalue weighted by Crippen LogP contribution is -1.95. The maximum Gasteiger partial charge on any atom is 0.214 e. The van der Waals surface area contributed by atoms with Crippen LogP contribution in [0.1, 0.15) is 12.1 Å². The summed E-state index contributed by atoms with van der Waals surface area (Å²) in [6, 6.07) is 2.54. The van der Waals surface area contributed by atoms with Crippen molar-refractivity contribution >= 4 is 12.0 Å². The number of nitrogens with two attached hydrogens (primary N) is 1. The summed E-state index contributed by atoms with van der Waals surface area (Å²) in [4.78, 5) is 13.4. The van der Waals surface area contributed by atoms with E-state index in [1.807, 2.05) is 0 Å². The molecule has 0 aromatic carbocycles. The summed E-state index contributed by atoms with van der Waals surface area (Å²) in [5.41, 5.74) is 5.93. The van der Waals surface area contributed by atoms with Gasteiger partial charge in [-0.25, -0.2) is 4.98 Å². The molecule has 0 fully saturated rings. The molecular weight excluding hydrogens is 171 g/mol. The number of carbonyl (C=O) groups is 1. The third-order valence-corrected chi connectivity index (χ3v) is 1.28. The normalized spacial score (nSPS) is 8.69. The Morgan fingerprint density at radius 2 is 2.38 bits per heavy atom. The van der Waals surface area contributed by atoms with E-state index in [0.29, 0.717) is 12.0 Å². The molecule has 0 saturated heterocycles. The number of anilines is 1. The van der Waals surface area contributed by atoms with E-state index < -0.39 is 5.95 Å². The molecule has 1 aromatic heterocycles. The van der Waals surface area contributed by atoms with Crippen LogP contribution >= 0.6 is 0 Å². The number of nitrogen functional groups attached to an aromatic ring is 1. The van der Waals surface area contributed by atoms with Gasteiger partial charge in [0.05, 0.1) is 12.1 Å². The number of carbonyl (C=O) groups excluding carboxylic acids is 1. The van der Waals surface area contributed by atoms with Gasteiger partial charge < -0.3 is 10.5 Å². The van der Waals surface area contributed by atoms with Crippen molar-refractivity contribution in [2.24, 2.45) is 0 Å². The van der Waals surface area contributed by atoms with Crippen molar-refractivity contribution in [3.05, 3.63) is 23.8 Å². The minimum Gasteiger partial charge on any atom is -0.396 e. The van der Waals surface area contributed by atoms with Crippen molar-refractivity contribution in [1.29, 1.82) is 0 Å². The van der Waals surface area contributed by atoms with Gasteiger partial charge in [-0.3, -0.25) is 0 Å². The Bertz CT molecular complexity index is 379. The highest BCUT2D eigenvalue weighted by Crippen LogP contribution is 2.07. The Morgan fingerprint density at radius 1 is 1.62 bits per heavy atom. The first-order valence-corrected chi connectivity index (χ1v) is 3.58. The minimum atomic E-state index is -0.635. The van der Waals surface area contributed by atoms with Crippen LogP contribution in [-0.2, 0) is 4.79 Å². The average molecular weight is 178 g/mol. The summed E-state index contributed by atoms with van der Waals surface area (Å²) in [5.74, 6) is 4.35. The fourth-order valence-corrected chi connectivity index (χ4v) is 0.723. The lowest BCUT2D eigenvalue weighted by molar-refractivity contribution is -0.107. The summed E-state index contributed by atoms with van der Waals surface area (Å²) in [5, 5.41) is 0. The maximum atomic E-state index is 12.6. The number of aldehydes is 1.